The van der Waals surface area contributed by atoms with Crippen LogP contribution in [0.5, 0.6) is 0 Å². The van der Waals surface area contributed by atoms with E-state index in [-0.39, 0.29) is 17.5 Å². The lowest BCUT2D eigenvalue weighted by Crippen LogP contribution is -2.30. The fraction of sp³-hybridized carbons (Fsp3) is 0.200. The van der Waals surface area contributed by atoms with Gasteiger partial charge in [0.1, 0.15) is 11.6 Å². The number of carbonyl (C=O) groups excluding carboxylic acids is 1. The number of halogens is 3. The highest BCUT2D eigenvalue weighted by Crippen LogP contribution is 2.36. The van der Waals surface area contributed by atoms with Crippen LogP contribution < -0.4 is 0 Å². The zero-order valence-electron chi connectivity index (χ0n) is 17.0. The Morgan fingerprint density at radius 3 is 2.44 bits per heavy atom. The van der Waals surface area contributed by atoms with E-state index in [0.717, 1.165) is 29.7 Å². The SMILES string of the molecule is O=C(c1ccc(C(F)(F)F)cc1)N1CCC[C@H]1c1nc2cc(-c3ccccc3)ccc2o1. The number of nitrogens with zero attached hydrogens (tertiary/aromatic N) is 2. The summed E-state index contributed by atoms with van der Waals surface area (Å²) in [5.41, 5.74) is 2.86. The number of aromatic nitrogens is 1. The number of amides is 1. The number of hydrogen-bond acceptors (Lipinski definition) is 3. The van der Waals surface area contributed by atoms with Gasteiger partial charge in [0.2, 0.25) is 5.89 Å². The van der Waals surface area contributed by atoms with Gasteiger partial charge in [-0.3, -0.25) is 4.79 Å². The predicted octanol–water partition coefficient (Wildman–Crippen LogP) is 6.49. The minimum Gasteiger partial charge on any atom is -0.438 e. The first-order valence-corrected chi connectivity index (χ1v) is 10.3. The van der Waals surface area contributed by atoms with E-state index in [1.54, 1.807) is 4.90 Å². The smallest absolute Gasteiger partial charge is 0.416 e. The van der Waals surface area contributed by atoms with Crippen LogP contribution in [-0.4, -0.2) is 22.3 Å². The molecule has 0 aliphatic carbocycles. The molecule has 1 aromatic heterocycles. The van der Waals surface area contributed by atoms with E-state index in [1.165, 1.54) is 12.1 Å². The maximum atomic E-state index is 13.0. The molecule has 1 fully saturated rings. The largest absolute Gasteiger partial charge is 0.438 e. The Kier molecular flexibility index (Phi) is 4.96. The second-order valence-electron chi connectivity index (χ2n) is 7.83. The molecule has 1 atom stereocenters. The van der Waals surface area contributed by atoms with Crippen LogP contribution in [0.3, 0.4) is 0 Å². The number of alkyl halides is 3. The number of oxazole rings is 1. The quantitative estimate of drug-likeness (QED) is 0.369. The van der Waals surface area contributed by atoms with Gasteiger partial charge in [-0.2, -0.15) is 13.2 Å². The molecule has 0 N–H and O–H groups in total. The molecule has 0 spiro atoms. The van der Waals surface area contributed by atoms with Gasteiger partial charge in [-0.1, -0.05) is 36.4 Å². The highest BCUT2D eigenvalue weighted by molar-refractivity contribution is 5.94. The van der Waals surface area contributed by atoms with E-state index < -0.39 is 11.7 Å². The first-order chi connectivity index (χ1) is 15.4. The minimum atomic E-state index is -4.44. The molecule has 4 aromatic rings. The van der Waals surface area contributed by atoms with Crippen molar-refractivity contribution in [1.29, 1.82) is 0 Å². The average molecular weight is 436 g/mol. The lowest BCUT2D eigenvalue weighted by Gasteiger charge is -2.22. The molecule has 4 nitrogen and oxygen atoms in total. The Balaban J connectivity index is 1.42. The van der Waals surface area contributed by atoms with Crippen molar-refractivity contribution in [1.82, 2.24) is 9.88 Å². The molecule has 1 aliphatic heterocycles. The highest BCUT2D eigenvalue weighted by atomic mass is 19.4. The average Bonchev–Trinajstić information content (AvgIpc) is 3.45. The Labute approximate surface area is 182 Å². The maximum absolute atomic E-state index is 13.0. The van der Waals surface area contributed by atoms with Gasteiger partial charge < -0.3 is 9.32 Å². The van der Waals surface area contributed by atoms with Crippen LogP contribution in [0.1, 0.15) is 40.7 Å². The second kappa shape index (κ2) is 7.82. The van der Waals surface area contributed by atoms with Crippen LogP contribution in [0.2, 0.25) is 0 Å². The van der Waals surface area contributed by atoms with Crippen LogP contribution >= 0.6 is 0 Å². The van der Waals surface area contributed by atoms with Gasteiger partial charge in [-0.15, -0.1) is 0 Å². The van der Waals surface area contributed by atoms with E-state index >= 15 is 0 Å². The van der Waals surface area contributed by atoms with Gasteiger partial charge >= 0.3 is 6.18 Å². The second-order valence-corrected chi connectivity index (χ2v) is 7.83. The van der Waals surface area contributed by atoms with Gasteiger partial charge in [0.05, 0.1) is 5.56 Å². The number of hydrogen-bond donors (Lipinski definition) is 0. The fourth-order valence-electron chi connectivity index (χ4n) is 4.13. The number of benzene rings is 3. The van der Waals surface area contributed by atoms with Crippen molar-refractivity contribution in [2.45, 2.75) is 25.1 Å². The molecule has 1 saturated heterocycles. The first kappa shape index (κ1) is 20.3. The third kappa shape index (κ3) is 3.75. The Bertz CT molecular complexity index is 1260. The molecule has 0 radical (unpaired) electrons. The normalized spacial score (nSPS) is 16.6. The molecular weight excluding hydrogens is 417 g/mol. The maximum Gasteiger partial charge on any atom is 0.416 e. The van der Waals surface area contributed by atoms with E-state index in [1.807, 2.05) is 48.5 Å². The highest BCUT2D eigenvalue weighted by Gasteiger charge is 2.35. The molecule has 3 aromatic carbocycles. The summed E-state index contributed by atoms with van der Waals surface area (Å²) in [5, 5.41) is 0. The van der Waals surface area contributed by atoms with E-state index in [4.69, 9.17) is 4.42 Å². The molecule has 0 bridgehead atoms. The molecule has 7 heteroatoms. The molecule has 2 heterocycles. The topological polar surface area (TPSA) is 46.3 Å². The molecule has 0 unspecified atom stereocenters. The number of carbonyl (C=O) groups is 1. The van der Waals surface area contributed by atoms with Crippen LogP contribution in [0.25, 0.3) is 22.2 Å². The summed E-state index contributed by atoms with van der Waals surface area (Å²) in [7, 11) is 0. The van der Waals surface area contributed by atoms with Crippen LogP contribution in [0, 0.1) is 0 Å². The van der Waals surface area contributed by atoms with Gasteiger partial charge in [0.15, 0.2) is 5.58 Å². The Morgan fingerprint density at radius 2 is 1.72 bits per heavy atom. The minimum absolute atomic E-state index is 0.215. The zero-order valence-corrected chi connectivity index (χ0v) is 17.0. The fourth-order valence-corrected chi connectivity index (χ4v) is 4.13. The summed E-state index contributed by atoms with van der Waals surface area (Å²) in [4.78, 5) is 19.3. The van der Waals surface area contributed by atoms with Crippen molar-refractivity contribution in [3.63, 3.8) is 0 Å². The number of rotatable bonds is 3. The van der Waals surface area contributed by atoms with Crippen LogP contribution in [0.15, 0.2) is 77.2 Å². The first-order valence-electron chi connectivity index (χ1n) is 10.3. The number of likely N-dealkylation sites (tertiary alicyclic amines) is 1. The van der Waals surface area contributed by atoms with Gasteiger partial charge in [0, 0.05) is 12.1 Å². The lowest BCUT2D eigenvalue weighted by molar-refractivity contribution is -0.137. The zero-order chi connectivity index (χ0) is 22.3. The summed E-state index contributed by atoms with van der Waals surface area (Å²) < 4.78 is 44.5. The standard InChI is InChI=1S/C25H19F3N2O2/c26-25(27,28)19-11-8-17(9-12-19)24(31)30-14-4-7-21(30)23-29-20-15-18(10-13-22(20)32-23)16-5-2-1-3-6-16/h1-3,5-6,8-13,15,21H,4,7,14H2/t21-/m0/s1. The summed E-state index contributed by atoms with van der Waals surface area (Å²) in [6.45, 7) is 0.499. The van der Waals surface area contributed by atoms with Crippen molar-refractivity contribution in [2.75, 3.05) is 6.54 Å². The summed E-state index contributed by atoms with van der Waals surface area (Å²) >= 11 is 0. The monoisotopic (exact) mass is 436 g/mol. The van der Waals surface area contributed by atoms with Crippen molar-refractivity contribution < 1.29 is 22.4 Å². The van der Waals surface area contributed by atoms with Gasteiger partial charge in [0.25, 0.3) is 5.91 Å². The van der Waals surface area contributed by atoms with Crippen LogP contribution in [0.4, 0.5) is 13.2 Å². The molecule has 1 aliphatic rings. The van der Waals surface area contributed by atoms with Crippen molar-refractivity contribution in [3.05, 3.63) is 89.8 Å². The van der Waals surface area contributed by atoms with E-state index in [9.17, 15) is 18.0 Å². The third-order valence-electron chi connectivity index (χ3n) is 5.77. The molecule has 1 amide bonds. The number of fused-ring (bicyclic) bond motifs is 1. The van der Waals surface area contributed by atoms with E-state index in [2.05, 4.69) is 4.98 Å². The molecule has 5 rings (SSSR count). The summed E-state index contributed by atoms with van der Waals surface area (Å²) in [6, 6.07) is 19.7. The summed E-state index contributed by atoms with van der Waals surface area (Å²) in [6.07, 6.45) is -2.98. The third-order valence-corrected chi connectivity index (χ3v) is 5.77. The molecule has 32 heavy (non-hydrogen) atoms. The lowest BCUT2D eigenvalue weighted by atomic mass is 10.1. The Morgan fingerprint density at radius 1 is 0.969 bits per heavy atom. The van der Waals surface area contributed by atoms with Crippen LogP contribution in [-0.2, 0) is 6.18 Å². The van der Waals surface area contributed by atoms with Crippen molar-refractivity contribution in [2.24, 2.45) is 0 Å². The summed E-state index contributed by atoms with van der Waals surface area (Å²) in [5.74, 6) is 0.122. The van der Waals surface area contributed by atoms with Crippen molar-refractivity contribution >= 4 is 17.0 Å². The molecule has 162 valence electrons. The van der Waals surface area contributed by atoms with Crippen molar-refractivity contribution in [3.8, 4) is 11.1 Å². The Hall–Kier alpha value is -3.61. The molecule has 0 saturated carbocycles. The predicted molar refractivity (Wildman–Crippen MR) is 114 cm³/mol. The van der Waals surface area contributed by atoms with Gasteiger partial charge in [-0.25, -0.2) is 4.98 Å². The van der Waals surface area contributed by atoms with Gasteiger partial charge in [-0.05, 0) is 60.4 Å². The molecular formula is C25H19F3N2O2. The van der Waals surface area contributed by atoms with E-state index in [0.29, 0.717) is 30.0 Å².